The number of aliphatic hydroxyl groups is 1. The summed E-state index contributed by atoms with van der Waals surface area (Å²) in [6.45, 7) is 0. The Morgan fingerprint density at radius 2 is 1.94 bits per heavy atom. The summed E-state index contributed by atoms with van der Waals surface area (Å²) in [5.74, 6) is -3.10. The van der Waals surface area contributed by atoms with Gasteiger partial charge in [-0.05, 0) is 23.3 Å². The van der Waals surface area contributed by atoms with Crippen LogP contribution < -0.4 is 5.32 Å². The Hall–Kier alpha value is -2.94. The van der Waals surface area contributed by atoms with Gasteiger partial charge in [0, 0.05) is 11.5 Å². The van der Waals surface area contributed by atoms with Gasteiger partial charge in [-0.1, -0.05) is 35.2 Å². The maximum absolute atomic E-state index is 12.7. The number of thioether (sulfide) groups is 2. The van der Waals surface area contributed by atoms with E-state index in [1.807, 2.05) is 0 Å². The number of aromatic carboxylic acids is 1. The molecule has 2 unspecified atom stereocenters. The molecule has 1 aromatic carbocycles. The van der Waals surface area contributed by atoms with Crippen molar-refractivity contribution in [3.8, 4) is 0 Å². The van der Waals surface area contributed by atoms with E-state index >= 15 is 0 Å². The van der Waals surface area contributed by atoms with Crippen molar-refractivity contribution in [3.63, 3.8) is 0 Å². The van der Waals surface area contributed by atoms with E-state index in [1.165, 1.54) is 59.1 Å². The van der Waals surface area contributed by atoms with Crippen molar-refractivity contribution < 1.29 is 34.5 Å². The van der Waals surface area contributed by atoms with Crippen LogP contribution in [-0.2, 0) is 14.4 Å². The molecule has 14 heteroatoms. The molecule has 33 heavy (non-hydrogen) atoms. The van der Waals surface area contributed by atoms with Crippen LogP contribution in [-0.4, -0.2) is 77.1 Å². The molecular formula is C19H16N4O7S3. The summed E-state index contributed by atoms with van der Waals surface area (Å²) in [6.07, 6.45) is -1.61. The summed E-state index contributed by atoms with van der Waals surface area (Å²) in [4.78, 5) is 49.2. The number of carboxylic acids is 2. The van der Waals surface area contributed by atoms with Crippen molar-refractivity contribution in [2.24, 2.45) is 0 Å². The second-order valence-electron chi connectivity index (χ2n) is 6.98. The molecule has 0 radical (unpaired) electrons. The quantitative estimate of drug-likeness (QED) is 0.294. The number of rotatable bonds is 8. The molecule has 4 rings (SSSR count). The average molecular weight is 509 g/mol. The van der Waals surface area contributed by atoms with E-state index in [2.05, 4.69) is 15.5 Å². The zero-order chi connectivity index (χ0) is 23.7. The van der Waals surface area contributed by atoms with Crippen LogP contribution in [0.3, 0.4) is 0 Å². The molecule has 1 saturated heterocycles. The predicted molar refractivity (Wildman–Crippen MR) is 119 cm³/mol. The summed E-state index contributed by atoms with van der Waals surface area (Å²) >= 11 is 3.98. The molecule has 4 N–H and O–H groups in total. The molecule has 2 aliphatic heterocycles. The van der Waals surface area contributed by atoms with Crippen LogP contribution in [0.5, 0.6) is 0 Å². The highest BCUT2D eigenvalue weighted by molar-refractivity contribution is 8.01. The smallest absolute Gasteiger partial charge is 0.352 e. The first-order chi connectivity index (χ1) is 15.8. The molecule has 0 bridgehead atoms. The Labute approximate surface area is 198 Å². The number of aliphatic hydroxyl groups excluding tert-OH is 1. The molecule has 1 aromatic heterocycles. The van der Waals surface area contributed by atoms with Crippen LogP contribution in [0.25, 0.3) is 0 Å². The number of carbonyl (C=O) groups is 4. The fraction of sp³-hybridized carbons (Fsp3) is 0.263. The van der Waals surface area contributed by atoms with Gasteiger partial charge in [0.05, 0.1) is 5.56 Å². The van der Waals surface area contributed by atoms with Gasteiger partial charge in [-0.25, -0.2) is 9.59 Å². The second-order valence-corrected chi connectivity index (χ2v) is 10.1. The van der Waals surface area contributed by atoms with Crippen molar-refractivity contribution in [3.05, 3.63) is 52.2 Å². The highest BCUT2D eigenvalue weighted by atomic mass is 32.2. The maximum atomic E-state index is 12.7. The number of carboxylic acid groups (broad SMARTS) is 2. The molecule has 0 spiro atoms. The van der Waals surface area contributed by atoms with Crippen LogP contribution in [0, 0.1) is 0 Å². The monoisotopic (exact) mass is 508 g/mol. The molecule has 11 nitrogen and oxygen atoms in total. The Kier molecular flexibility index (Phi) is 6.69. The largest absolute Gasteiger partial charge is 0.478 e. The number of fused-ring (bicyclic) bond motifs is 1. The van der Waals surface area contributed by atoms with Gasteiger partial charge in [0.15, 0.2) is 10.4 Å². The third-order valence-electron chi connectivity index (χ3n) is 4.98. The minimum Gasteiger partial charge on any atom is -0.478 e. The zero-order valence-corrected chi connectivity index (χ0v) is 19.0. The van der Waals surface area contributed by atoms with E-state index in [0.717, 1.165) is 4.90 Å². The van der Waals surface area contributed by atoms with Crippen molar-refractivity contribution in [1.82, 2.24) is 20.4 Å². The van der Waals surface area contributed by atoms with E-state index in [4.69, 9.17) is 5.11 Å². The molecule has 3 atom stereocenters. The molecule has 2 aromatic rings. The van der Waals surface area contributed by atoms with E-state index < -0.39 is 41.3 Å². The Balaban J connectivity index is 1.43. The number of nitrogens with one attached hydrogen (secondary N) is 1. The minimum atomic E-state index is -1.61. The average Bonchev–Trinajstić information content (AvgIpc) is 3.33. The number of β-lactam (4-membered cyclic amide) rings is 1. The SMILES string of the molecule is O=C(O)C1=C(CSc2nncs2)CS[C@@H]2C(NC(=O)C(O)c3ccc(C(=O)O)cc3)C(=O)N12. The number of hydrogen-bond donors (Lipinski definition) is 4. The lowest BCUT2D eigenvalue weighted by molar-refractivity contribution is -0.151. The fourth-order valence-electron chi connectivity index (χ4n) is 3.36. The number of nitrogens with zero attached hydrogens (tertiary/aromatic N) is 3. The lowest BCUT2D eigenvalue weighted by Gasteiger charge is -2.49. The van der Waals surface area contributed by atoms with E-state index in [-0.39, 0.29) is 16.8 Å². The minimum absolute atomic E-state index is 0.00264. The topological polar surface area (TPSA) is 170 Å². The van der Waals surface area contributed by atoms with Gasteiger partial charge in [0.2, 0.25) is 0 Å². The number of carbonyl (C=O) groups excluding carboxylic acids is 2. The van der Waals surface area contributed by atoms with Crippen molar-refractivity contribution in [1.29, 1.82) is 0 Å². The van der Waals surface area contributed by atoms with Crippen LogP contribution in [0.2, 0.25) is 0 Å². The zero-order valence-electron chi connectivity index (χ0n) is 16.6. The molecular weight excluding hydrogens is 492 g/mol. The highest BCUT2D eigenvalue weighted by Crippen LogP contribution is 2.41. The van der Waals surface area contributed by atoms with Crippen LogP contribution in [0.1, 0.15) is 22.0 Å². The van der Waals surface area contributed by atoms with Crippen LogP contribution >= 0.6 is 34.9 Å². The molecule has 2 aliphatic rings. The Morgan fingerprint density at radius 1 is 1.21 bits per heavy atom. The van der Waals surface area contributed by atoms with Gasteiger partial charge in [0.25, 0.3) is 11.8 Å². The first-order valence-electron chi connectivity index (χ1n) is 9.38. The third-order valence-corrected chi connectivity index (χ3v) is 8.27. The maximum Gasteiger partial charge on any atom is 0.352 e. The summed E-state index contributed by atoms with van der Waals surface area (Å²) in [5, 5.41) is 38.5. The van der Waals surface area contributed by atoms with Crippen molar-refractivity contribution in [2.75, 3.05) is 11.5 Å². The number of aromatic nitrogens is 2. The Bertz CT molecular complexity index is 1140. The van der Waals surface area contributed by atoms with Gasteiger partial charge < -0.3 is 20.6 Å². The summed E-state index contributed by atoms with van der Waals surface area (Å²) < 4.78 is 0.685. The highest BCUT2D eigenvalue weighted by Gasteiger charge is 2.54. The van der Waals surface area contributed by atoms with Crippen LogP contribution in [0.4, 0.5) is 0 Å². The molecule has 0 aliphatic carbocycles. The number of aliphatic carboxylic acids is 1. The summed E-state index contributed by atoms with van der Waals surface area (Å²) in [5.41, 5.74) is 2.21. The van der Waals surface area contributed by atoms with Gasteiger partial charge in [-0.2, -0.15) is 0 Å². The number of benzene rings is 1. The second kappa shape index (κ2) is 9.51. The third kappa shape index (κ3) is 4.59. The van der Waals surface area contributed by atoms with Crippen LogP contribution in [0.15, 0.2) is 45.4 Å². The number of hydrogen-bond acceptors (Lipinski definition) is 10. The molecule has 1 fully saturated rings. The fourth-order valence-corrected chi connectivity index (χ4v) is 6.33. The standard InChI is InChI=1S/C19H16N4O7S3/c24-13(8-1-3-9(4-2-8)17(27)28)14(25)21-11-15(26)23-12(18(29)30)10(5-31-16(11)23)6-32-19-22-20-7-33-19/h1-4,7,11,13,16,24H,5-6H2,(H,21,25)(H,27,28)(H,29,30)/t11?,13?,16-/m1/s1. The van der Waals surface area contributed by atoms with Crippen molar-refractivity contribution >= 4 is 58.6 Å². The van der Waals surface area contributed by atoms with E-state index in [0.29, 0.717) is 21.4 Å². The first kappa shape index (κ1) is 23.2. The van der Waals surface area contributed by atoms with Gasteiger partial charge >= 0.3 is 11.9 Å². The number of amides is 2. The van der Waals surface area contributed by atoms with Gasteiger partial charge in [-0.15, -0.1) is 22.0 Å². The molecule has 2 amide bonds. The van der Waals surface area contributed by atoms with E-state index in [9.17, 15) is 29.4 Å². The van der Waals surface area contributed by atoms with Gasteiger partial charge in [-0.3, -0.25) is 14.5 Å². The van der Waals surface area contributed by atoms with Crippen molar-refractivity contribution in [2.45, 2.75) is 21.9 Å². The summed E-state index contributed by atoms with van der Waals surface area (Å²) in [6, 6.07) is 4.15. The Morgan fingerprint density at radius 3 is 2.55 bits per heavy atom. The molecule has 0 saturated carbocycles. The summed E-state index contributed by atoms with van der Waals surface area (Å²) in [7, 11) is 0. The molecule has 3 heterocycles. The van der Waals surface area contributed by atoms with E-state index in [1.54, 1.807) is 5.51 Å². The predicted octanol–water partition coefficient (Wildman–Crippen LogP) is 0.801. The lowest BCUT2D eigenvalue weighted by Crippen LogP contribution is -2.70. The first-order valence-corrected chi connectivity index (χ1v) is 12.3. The van der Waals surface area contributed by atoms with Gasteiger partial charge in [0.1, 0.15) is 22.6 Å². The lowest BCUT2D eigenvalue weighted by atomic mass is 10.0. The molecule has 172 valence electrons. The normalized spacial score (nSPS) is 20.6.